The Hall–Kier alpha value is -1.58. The second-order valence-corrected chi connectivity index (χ2v) is 4.93. The number of pyridine rings is 1. The fraction of sp³-hybridized carbons (Fsp3) is 0.571. The molecular formula is C14H20N2O2. The van der Waals surface area contributed by atoms with Crippen molar-refractivity contribution in [2.75, 3.05) is 5.32 Å². The Morgan fingerprint density at radius 1 is 1.50 bits per heavy atom. The largest absolute Gasteiger partial charge is 0.478 e. The molecule has 1 aliphatic carbocycles. The smallest absolute Gasteiger partial charge is 0.335 e. The lowest BCUT2D eigenvalue weighted by atomic mass is 10.2. The van der Waals surface area contributed by atoms with E-state index < -0.39 is 5.97 Å². The van der Waals surface area contributed by atoms with E-state index in [2.05, 4.69) is 17.2 Å². The first-order valence-corrected chi connectivity index (χ1v) is 6.64. The van der Waals surface area contributed by atoms with Crippen LogP contribution in [0.15, 0.2) is 12.1 Å². The summed E-state index contributed by atoms with van der Waals surface area (Å²) in [5.74, 6) is 0.543. The summed E-state index contributed by atoms with van der Waals surface area (Å²) < 4.78 is 0. The first-order valence-electron chi connectivity index (χ1n) is 6.64. The Balaban J connectivity index is 2.08. The number of anilines is 1. The highest BCUT2D eigenvalue weighted by Crippen LogP contribution is 2.37. The van der Waals surface area contributed by atoms with Gasteiger partial charge in [0.05, 0.1) is 5.56 Å². The summed E-state index contributed by atoms with van der Waals surface area (Å²) in [6.07, 6.45) is 4.36. The number of rotatable bonds is 6. The van der Waals surface area contributed by atoms with Gasteiger partial charge in [-0.15, -0.1) is 0 Å². The van der Waals surface area contributed by atoms with Gasteiger partial charge in [-0.25, -0.2) is 9.78 Å². The van der Waals surface area contributed by atoms with Crippen molar-refractivity contribution in [3.63, 3.8) is 0 Å². The van der Waals surface area contributed by atoms with Gasteiger partial charge in [0.25, 0.3) is 0 Å². The van der Waals surface area contributed by atoms with Gasteiger partial charge in [0, 0.05) is 11.7 Å². The quantitative estimate of drug-likeness (QED) is 0.812. The van der Waals surface area contributed by atoms with Crippen LogP contribution in [0.25, 0.3) is 0 Å². The lowest BCUT2D eigenvalue weighted by Gasteiger charge is -2.08. The SMILES string of the molecule is CCCC1CC1Nc1cc(C(=O)O)cc(CC)n1. The van der Waals surface area contributed by atoms with Crippen molar-refractivity contribution in [2.24, 2.45) is 5.92 Å². The third-order valence-corrected chi connectivity index (χ3v) is 3.40. The molecule has 0 amide bonds. The Kier molecular flexibility index (Phi) is 3.84. The zero-order valence-corrected chi connectivity index (χ0v) is 10.9. The van der Waals surface area contributed by atoms with Crippen LogP contribution in [0.2, 0.25) is 0 Å². The van der Waals surface area contributed by atoms with Crippen LogP contribution in [-0.4, -0.2) is 22.1 Å². The molecule has 0 bridgehead atoms. The number of aryl methyl sites for hydroxylation is 1. The first-order chi connectivity index (χ1) is 8.63. The standard InChI is InChI=1S/C14H20N2O2/c1-3-5-9-7-12(9)16-13-8-10(14(17)18)6-11(4-2)15-13/h6,8-9,12H,3-5,7H2,1-2H3,(H,15,16)(H,17,18). The molecular weight excluding hydrogens is 228 g/mol. The van der Waals surface area contributed by atoms with Crippen molar-refractivity contribution in [3.8, 4) is 0 Å². The topological polar surface area (TPSA) is 62.2 Å². The number of nitrogens with zero attached hydrogens (tertiary/aromatic N) is 1. The van der Waals surface area contributed by atoms with Crippen molar-refractivity contribution in [1.82, 2.24) is 4.98 Å². The average Bonchev–Trinajstić information content (AvgIpc) is 3.07. The van der Waals surface area contributed by atoms with Gasteiger partial charge in [0.1, 0.15) is 5.82 Å². The van der Waals surface area contributed by atoms with E-state index in [1.165, 1.54) is 19.3 Å². The van der Waals surface area contributed by atoms with Crippen molar-refractivity contribution >= 4 is 11.8 Å². The molecule has 0 aliphatic heterocycles. The maximum atomic E-state index is 11.0. The first kappa shape index (κ1) is 12.9. The van der Waals surface area contributed by atoms with E-state index >= 15 is 0 Å². The number of hydrogen-bond donors (Lipinski definition) is 2. The number of aromatic nitrogens is 1. The predicted molar refractivity (Wildman–Crippen MR) is 71.0 cm³/mol. The van der Waals surface area contributed by atoms with Gasteiger partial charge >= 0.3 is 5.97 Å². The zero-order chi connectivity index (χ0) is 13.1. The monoisotopic (exact) mass is 248 g/mol. The molecule has 1 heterocycles. The maximum absolute atomic E-state index is 11.0. The number of carboxylic acids is 1. The summed E-state index contributed by atoms with van der Waals surface area (Å²) in [4.78, 5) is 15.5. The highest BCUT2D eigenvalue weighted by Gasteiger charge is 2.36. The molecule has 1 aromatic rings. The number of carboxylic acid groups (broad SMARTS) is 1. The maximum Gasteiger partial charge on any atom is 0.335 e. The molecule has 2 atom stereocenters. The van der Waals surface area contributed by atoms with Gasteiger partial charge in [-0.1, -0.05) is 20.3 Å². The Morgan fingerprint density at radius 2 is 2.28 bits per heavy atom. The van der Waals surface area contributed by atoms with Crippen LogP contribution in [0, 0.1) is 5.92 Å². The van der Waals surface area contributed by atoms with E-state index in [-0.39, 0.29) is 0 Å². The molecule has 1 aliphatic rings. The number of nitrogens with one attached hydrogen (secondary N) is 1. The normalized spacial score (nSPS) is 21.7. The molecule has 1 saturated carbocycles. The zero-order valence-electron chi connectivity index (χ0n) is 10.9. The third-order valence-electron chi connectivity index (χ3n) is 3.40. The molecule has 1 fully saturated rings. The number of hydrogen-bond acceptors (Lipinski definition) is 3. The fourth-order valence-electron chi connectivity index (χ4n) is 2.27. The molecule has 0 radical (unpaired) electrons. The van der Waals surface area contributed by atoms with E-state index in [9.17, 15) is 4.79 Å². The molecule has 2 rings (SSSR count). The summed E-state index contributed by atoms with van der Waals surface area (Å²) in [5.41, 5.74) is 1.14. The second kappa shape index (κ2) is 5.38. The second-order valence-electron chi connectivity index (χ2n) is 4.93. The predicted octanol–water partition coefficient (Wildman–Crippen LogP) is 2.94. The summed E-state index contributed by atoms with van der Waals surface area (Å²) in [7, 11) is 0. The highest BCUT2D eigenvalue weighted by molar-refractivity contribution is 5.88. The van der Waals surface area contributed by atoms with Crippen molar-refractivity contribution in [3.05, 3.63) is 23.4 Å². The molecule has 4 heteroatoms. The van der Waals surface area contributed by atoms with Gasteiger partial charge < -0.3 is 10.4 Å². The summed E-state index contributed by atoms with van der Waals surface area (Å²) in [5, 5.41) is 12.4. The molecule has 0 saturated heterocycles. The van der Waals surface area contributed by atoms with Crippen LogP contribution in [0.3, 0.4) is 0 Å². The minimum Gasteiger partial charge on any atom is -0.478 e. The lowest BCUT2D eigenvalue weighted by molar-refractivity contribution is 0.0696. The van der Waals surface area contributed by atoms with E-state index in [1.807, 2.05) is 6.92 Å². The molecule has 0 spiro atoms. The van der Waals surface area contributed by atoms with Crippen LogP contribution in [0.1, 0.15) is 49.2 Å². The molecule has 2 N–H and O–H groups in total. The minimum absolute atomic E-state index is 0.317. The van der Waals surface area contributed by atoms with E-state index in [1.54, 1.807) is 12.1 Å². The van der Waals surface area contributed by atoms with Crippen LogP contribution in [0.5, 0.6) is 0 Å². The van der Waals surface area contributed by atoms with E-state index in [0.29, 0.717) is 17.4 Å². The van der Waals surface area contributed by atoms with Crippen molar-refractivity contribution in [1.29, 1.82) is 0 Å². The average molecular weight is 248 g/mol. The molecule has 4 nitrogen and oxygen atoms in total. The van der Waals surface area contributed by atoms with Gasteiger partial charge in [-0.2, -0.15) is 0 Å². The van der Waals surface area contributed by atoms with Gasteiger partial charge in [0.15, 0.2) is 0 Å². The fourth-order valence-corrected chi connectivity index (χ4v) is 2.27. The van der Waals surface area contributed by atoms with Gasteiger partial charge in [-0.3, -0.25) is 0 Å². The van der Waals surface area contributed by atoms with Crippen LogP contribution < -0.4 is 5.32 Å². The summed E-state index contributed by atoms with van der Waals surface area (Å²) in [6.45, 7) is 4.17. The summed E-state index contributed by atoms with van der Waals surface area (Å²) >= 11 is 0. The van der Waals surface area contributed by atoms with Gasteiger partial charge in [-0.05, 0) is 37.3 Å². The Morgan fingerprint density at radius 3 is 2.89 bits per heavy atom. The molecule has 2 unspecified atom stereocenters. The molecule has 18 heavy (non-hydrogen) atoms. The molecule has 1 aromatic heterocycles. The number of aromatic carboxylic acids is 1. The van der Waals surface area contributed by atoms with Crippen molar-refractivity contribution in [2.45, 2.75) is 45.6 Å². The lowest BCUT2D eigenvalue weighted by Crippen LogP contribution is -2.09. The third kappa shape index (κ3) is 3.00. The highest BCUT2D eigenvalue weighted by atomic mass is 16.4. The molecule has 0 aromatic carbocycles. The Labute approximate surface area is 107 Å². The van der Waals surface area contributed by atoms with Crippen LogP contribution >= 0.6 is 0 Å². The van der Waals surface area contributed by atoms with E-state index in [4.69, 9.17) is 5.11 Å². The summed E-state index contributed by atoms with van der Waals surface area (Å²) in [6, 6.07) is 3.75. The number of carbonyl (C=O) groups is 1. The van der Waals surface area contributed by atoms with E-state index in [0.717, 1.165) is 18.0 Å². The van der Waals surface area contributed by atoms with Crippen LogP contribution in [0.4, 0.5) is 5.82 Å². The minimum atomic E-state index is -0.893. The van der Waals surface area contributed by atoms with Crippen LogP contribution in [-0.2, 0) is 6.42 Å². The van der Waals surface area contributed by atoms with Gasteiger partial charge in [0.2, 0.25) is 0 Å². The molecule has 98 valence electrons. The van der Waals surface area contributed by atoms with Crippen molar-refractivity contribution < 1.29 is 9.90 Å². The Bertz CT molecular complexity index is 445.